The first kappa shape index (κ1) is 14.7. The standard InChI is InChI=1S/C20H12F3N/c21-20(22,23)16-10-4-1-7-13(16)19-14-8-2-5-11-17(14)24-18-12-6-3-9-15(18)19/h1-12H. The summed E-state index contributed by atoms with van der Waals surface area (Å²) >= 11 is 0. The molecule has 0 fully saturated rings. The van der Waals surface area contributed by atoms with Crippen LogP contribution in [-0.4, -0.2) is 4.98 Å². The predicted octanol–water partition coefficient (Wildman–Crippen LogP) is 6.07. The number of aromatic nitrogens is 1. The van der Waals surface area contributed by atoms with E-state index in [9.17, 15) is 13.2 Å². The Kier molecular flexibility index (Phi) is 3.27. The molecule has 1 aromatic heterocycles. The van der Waals surface area contributed by atoms with Gasteiger partial charge < -0.3 is 0 Å². The average molecular weight is 323 g/mol. The van der Waals surface area contributed by atoms with Crippen molar-refractivity contribution in [2.24, 2.45) is 0 Å². The van der Waals surface area contributed by atoms with Gasteiger partial charge >= 0.3 is 6.18 Å². The second-order valence-corrected chi connectivity index (χ2v) is 5.56. The van der Waals surface area contributed by atoms with Gasteiger partial charge in [-0.05, 0) is 23.8 Å². The van der Waals surface area contributed by atoms with E-state index in [4.69, 9.17) is 0 Å². The van der Waals surface area contributed by atoms with Crippen molar-refractivity contribution in [2.45, 2.75) is 6.18 Å². The smallest absolute Gasteiger partial charge is 0.248 e. The van der Waals surface area contributed by atoms with Crippen molar-refractivity contribution in [1.82, 2.24) is 4.98 Å². The molecule has 0 radical (unpaired) electrons. The number of benzene rings is 3. The minimum atomic E-state index is -4.41. The van der Waals surface area contributed by atoms with E-state index in [1.807, 2.05) is 48.5 Å². The first-order valence-corrected chi connectivity index (χ1v) is 7.50. The highest BCUT2D eigenvalue weighted by Crippen LogP contribution is 2.41. The Bertz CT molecular complexity index is 997. The lowest BCUT2D eigenvalue weighted by molar-refractivity contribution is -0.137. The van der Waals surface area contributed by atoms with Gasteiger partial charge in [-0.25, -0.2) is 4.98 Å². The summed E-state index contributed by atoms with van der Waals surface area (Å²) in [5.74, 6) is 0. The third-order valence-corrected chi connectivity index (χ3v) is 4.09. The fraction of sp³-hybridized carbons (Fsp3) is 0.0500. The van der Waals surface area contributed by atoms with Gasteiger partial charge in [0.05, 0.1) is 16.6 Å². The molecule has 0 aliphatic carbocycles. The van der Waals surface area contributed by atoms with Crippen molar-refractivity contribution >= 4 is 21.8 Å². The SMILES string of the molecule is FC(F)(F)c1ccccc1-c1c2ccccc2nc2ccccc12. The molecule has 0 aliphatic rings. The van der Waals surface area contributed by atoms with E-state index in [1.165, 1.54) is 12.1 Å². The van der Waals surface area contributed by atoms with E-state index >= 15 is 0 Å². The maximum atomic E-state index is 13.5. The fourth-order valence-corrected chi connectivity index (χ4v) is 3.08. The topological polar surface area (TPSA) is 12.9 Å². The van der Waals surface area contributed by atoms with Crippen LogP contribution in [0.1, 0.15) is 5.56 Å². The molecule has 0 saturated heterocycles. The molecular formula is C20H12F3N. The van der Waals surface area contributed by atoms with Crippen molar-refractivity contribution in [3.05, 3.63) is 78.4 Å². The normalized spacial score (nSPS) is 12.0. The molecule has 118 valence electrons. The van der Waals surface area contributed by atoms with Crippen molar-refractivity contribution in [2.75, 3.05) is 0 Å². The zero-order valence-corrected chi connectivity index (χ0v) is 12.5. The molecule has 1 nitrogen and oxygen atoms in total. The van der Waals surface area contributed by atoms with E-state index in [2.05, 4.69) is 4.98 Å². The number of hydrogen-bond donors (Lipinski definition) is 0. The van der Waals surface area contributed by atoms with Crippen LogP contribution in [0.5, 0.6) is 0 Å². The van der Waals surface area contributed by atoms with Crippen LogP contribution >= 0.6 is 0 Å². The third-order valence-electron chi connectivity index (χ3n) is 4.09. The van der Waals surface area contributed by atoms with Gasteiger partial charge in [-0.3, -0.25) is 0 Å². The molecule has 3 aromatic carbocycles. The highest BCUT2D eigenvalue weighted by Gasteiger charge is 2.34. The minimum Gasteiger partial charge on any atom is -0.248 e. The summed E-state index contributed by atoms with van der Waals surface area (Å²) in [6.07, 6.45) is -4.41. The summed E-state index contributed by atoms with van der Waals surface area (Å²) in [6.45, 7) is 0. The largest absolute Gasteiger partial charge is 0.417 e. The maximum Gasteiger partial charge on any atom is 0.417 e. The molecule has 4 rings (SSSR count). The maximum absolute atomic E-state index is 13.5. The molecule has 0 saturated carbocycles. The van der Waals surface area contributed by atoms with Crippen LogP contribution in [0.25, 0.3) is 32.9 Å². The number of fused-ring (bicyclic) bond motifs is 2. The van der Waals surface area contributed by atoms with Crippen molar-refractivity contribution < 1.29 is 13.2 Å². The van der Waals surface area contributed by atoms with Gasteiger partial charge in [-0.1, -0.05) is 54.6 Å². The van der Waals surface area contributed by atoms with Crippen LogP contribution in [0.15, 0.2) is 72.8 Å². The zero-order chi connectivity index (χ0) is 16.7. The van der Waals surface area contributed by atoms with E-state index in [0.29, 0.717) is 27.4 Å². The number of para-hydroxylation sites is 2. The van der Waals surface area contributed by atoms with Gasteiger partial charge in [0.15, 0.2) is 0 Å². The highest BCUT2D eigenvalue weighted by molar-refractivity contribution is 6.09. The fourth-order valence-electron chi connectivity index (χ4n) is 3.08. The first-order valence-electron chi connectivity index (χ1n) is 7.50. The van der Waals surface area contributed by atoms with E-state index in [0.717, 1.165) is 6.07 Å². The molecule has 0 atom stereocenters. The second kappa shape index (κ2) is 5.34. The van der Waals surface area contributed by atoms with Gasteiger partial charge in [-0.2, -0.15) is 13.2 Å². The molecule has 0 N–H and O–H groups in total. The van der Waals surface area contributed by atoms with Crippen LogP contribution in [-0.2, 0) is 6.18 Å². The van der Waals surface area contributed by atoms with Crippen LogP contribution < -0.4 is 0 Å². The van der Waals surface area contributed by atoms with Crippen LogP contribution in [0.4, 0.5) is 13.2 Å². The number of pyridine rings is 1. The van der Waals surface area contributed by atoms with Crippen LogP contribution in [0.2, 0.25) is 0 Å². The molecular weight excluding hydrogens is 311 g/mol. The summed E-state index contributed by atoms with van der Waals surface area (Å²) < 4.78 is 40.6. The molecule has 0 amide bonds. The van der Waals surface area contributed by atoms with Crippen LogP contribution in [0.3, 0.4) is 0 Å². The third kappa shape index (κ3) is 2.31. The van der Waals surface area contributed by atoms with Gasteiger partial charge in [0.25, 0.3) is 0 Å². The number of hydrogen-bond acceptors (Lipinski definition) is 1. The Morgan fingerprint density at radius 2 is 1.12 bits per heavy atom. The Morgan fingerprint density at radius 3 is 1.71 bits per heavy atom. The van der Waals surface area contributed by atoms with Crippen molar-refractivity contribution in [3.63, 3.8) is 0 Å². The molecule has 0 bridgehead atoms. The molecule has 0 aliphatic heterocycles. The van der Waals surface area contributed by atoms with Crippen molar-refractivity contribution in [3.8, 4) is 11.1 Å². The molecule has 24 heavy (non-hydrogen) atoms. The van der Waals surface area contributed by atoms with E-state index in [1.54, 1.807) is 6.07 Å². The van der Waals surface area contributed by atoms with Crippen molar-refractivity contribution in [1.29, 1.82) is 0 Å². The van der Waals surface area contributed by atoms with Gasteiger partial charge in [-0.15, -0.1) is 0 Å². The predicted molar refractivity (Wildman–Crippen MR) is 89.7 cm³/mol. The first-order chi connectivity index (χ1) is 11.6. The number of alkyl halides is 3. The molecule has 1 heterocycles. The van der Waals surface area contributed by atoms with Gasteiger partial charge in [0.2, 0.25) is 0 Å². The molecule has 4 aromatic rings. The Morgan fingerprint density at radius 1 is 0.625 bits per heavy atom. The summed E-state index contributed by atoms with van der Waals surface area (Å²) in [5, 5.41) is 1.43. The average Bonchev–Trinajstić information content (AvgIpc) is 2.59. The number of rotatable bonds is 1. The number of halogens is 3. The molecule has 0 spiro atoms. The highest BCUT2D eigenvalue weighted by atomic mass is 19.4. The van der Waals surface area contributed by atoms with Gasteiger partial charge in [0.1, 0.15) is 0 Å². The van der Waals surface area contributed by atoms with Crippen LogP contribution in [0, 0.1) is 0 Å². The van der Waals surface area contributed by atoms with Gasteiger partial charge in [0, 0.05) is 16.3 Å². The second-order valence-electron chi connectivity index (χ2n) is 5.56. The number of nitrogens with zero attached hydrogens (tertiary/aromatic N) is 1. The Labute approximate surface area is 136 Å². The summed E-state index contributed by atoms with van der Waals surface area (Å²) in [5.41, 5.74) is 1.49. The molecule has 0 unspecified atom stereocenters. The minimum absolute atomic E-state index is 0.180. The lowest BCUT2D eigenvalue weighted by Crippen LogP contribution is -2.07. The quantitative estimate of drug-likeness (QED) is 0.387. The molecule has 4 heteroatoms. The van der Waals surface area contributed by atoms with E-state index < -0.39 is 11.7 Å². The Balaban J connectivity index is 2.21. The van der Waals surface area contributed by atoms with E-state index in [-0.39, 0.29) is 5.56 Å². The summed E-state index contributed by atoms with van der Waals surface area (Å²) in [4.78, 5) is 4.57. The summed E-state index contributed by atoms with van der Waals surface area (Å²) in [6, 6.07) is 20.3. The lowest BCUT2D eigenvalue weighted by Gasteiger charge is -2.16. The monoisotopic (exact) mass is 323 g/mol. The summed E-state index contributed by atoms with van der Waals surface area (Å²) in [7, 11) is 0. The lowest BCUT2D eigenvalue weighted by atomic mass is 9.92. The zero-order valence-electron chi connectivity index (χ0n) is 12.5. The Hall–Kier alpha value is -2.88.